The topological polar surface area (TPSA) is 134 Å². The zero-order valence-corrected chi connectivity index (χ0v) is 24.1. The summed E-state index contributed by atoms with van der Waals surface area (Å²) in [5.74, 6) is 3.82. The maximum atomic E-state index is 13.6. The summed E-state index contributed by atoms with van der Waals surface area (Å²) in [6.45, 7) is 1.84. The summed E-state index contributed by atoms with van der Waals surface area (Å²) in [7, 11) is -1.18. The first-order chi connectivity index (χ1) is 19.2. The molecule has 0 bridgehead atoms. The van der Waals surface area contributed by atoms with Crippen LogP contribution >= 0.6 is 11.3 Å². The number of benzene rings is 1. The second-order valence-electron chi connectivity index (χ2n) is 10.7. The smallest absolute Gasteiger partial charge is 0.317 e. The first-order valence-electron chi connectivity index (χ1n) is 13.5. The lowest BCUT2D eigenvalue weighted by molar-refractivity contribution is -0.140. The Morgan fingerprint density at radius 1 is 1.15 bits per heavy atom. The molecule has 0 radical (unpaired) electrons. The molecular weight excluding hydrogens is 550 g/mol. The molecule has 2 fully saturated rings. The molecule has 3 heterocycles. The van der Waals surface area contributed by atoms with Crippen LogP contribution in [0.5, 0.6) is 5.88 Å². The van der Waals surface area contributed by atoms with Crippen LogP contribution in [-0.4, -0.2) is 75.2 Å². The van der Waals surface area contributed by atoms with Crippen molar-refractivity contribution < 1.29 is 23.6 Å². The number of carboxylic acids is 1. The molecule has 1 aliphatic heterocycles. The minimum absolute atomic E-state index is 0.0257. The Morgan fingerprint density at radius 2 is 1.88 bits per heavy atom. The quantitative estimate of drug-likeness (QED) is 0.275. The van der Waals surface area contributed by atoms with Crippen molar-refractivity contribution in [3.8, 4) is 5.88 Å². The lowest BCUT2D eigenvalue weighted by Gasteiger charge is -2.38. The van der Waals surface area contributed by atoms with Crippen molar-refractivity contribution in [3.63, 3.8) is 0 Å². The maximum absolute atomic E-state index is 13.6. The van der Waals surface area contributed by atoms with E-state index >= 15 is 0 Å². The Hall–Kier alpha value is -3.06. The fourth-order valence-corrected chi connectivity index (χ4v) is 7.60. The van der Waals surface area contributed by atoms with Crippen LogP contribution in [-0.2, 0) is 19.3 Å². The van der Waals surface area contributed by atoms with Gasteiger partial charge in [0.1, 0.15) is 10.3 Å². The Balaban J connectivity index is 1.26. The molecule has 10 nitrogen and oxygen atoms in total. The van der Waals surface area contributed by atoms with Gasteiger partial charge in [-0.25, -0.2) is 18.9 Å². The van der Waals surface area contributed by atoms with Crippen molar-refractivity contribution in [1.82, 2.24) is 19.6 Å². The van der Waals surface area contributed by atoms with Crippen molar-refractivity contribution in [2.75, 3.05) is 38.6 Å². The van der Waals surface area contributed by atoms with E-state index in [2.05, 4.69) is 25.9 Å². The number of aromatic nitrogens is 2. The number of hydrogen-bond donors (Lipinski definition) is 3. The molecule has 2 atom stereocenters. The van der Waals surface area contributed by atoms with Crippen molar-refractivity contribution in [1.29, 1.82) is 0 Å². The number of carboxylic acid groups (broad SMARTS) is 1. The molecule has 1 amide bonds. The number of rotatable bonds is 12. The number of carbonyl (C=O) groups is 2. The largest absolute Gasteiger partial charge is 0.481 e. The molecule has 3 N–H and O–H groups in total. The van der Waals surface area contributed by atoms with E-state index in [0.717, 1.165) is 24.8 Å². The highest BCUT2D eigenvalue weighted by Crippen LogP contribution is 2.36. The van der Waals surface area contributed by atoms with Gasteiger partial charge in [-0.05, 0) is 47.9 Å². The average Bonchev–Trinajstić information content (AvgIpc) is 3.57. The van der Waals surface area contributed by atoms with Crippen LogP contribution < -0.4 is 14.8 Å². The molecule has 12 heteroatoms. The number of fused-ring (bicyclic) bond motifs is 1. The number of nitrogens with zero attached hydrogens (tertiary/aromatic N) is 3. The van der Waals surface area contributed by atoms with Gasteiger partial charge in [-0.3, -0.25) is 14.5 Å². The van der Waals surface area contributed by atoms with E-state index in [4.69, 9.17) is 9.84 Å². The highest BCUT2D eigenvalue weighted by atomic mass is 32.2. The Kier molecular flexibility index (Phi) is 8.69. The second-order valence-corrected chi connectivity index (χ2v) is 13.8. The van der Waals surface area contributed by atoms with Crippen LogP contribution in [0.25, 0.3) is 10.3 Å². The molecule has 1 aromatic carbocycles. The summed E-state index contributed by atoms with van der Waals surface area (Å²) in [5, 5.41) is 12.4. The van der Waals surface area contributed by atoms with E-state index in [1.165, 1.54) is 24.2 Å². The molecule has 5 rings (SSSR count). The van der Waals surface area contributed by atoms with Crippen LogP contribution in [0.1, 0.15) is 43.6 Å². The van der Waals surface area contributed by atoms with Gasteiger partial charge in [0.25, 0.3) is 0 Å². The number of thiazole rings is 1. The third kappa shape index (κ3) is 6.80. The number of hydrogen-bond acceptors (Lipinski definition) is 8. The number of likely N-dealkylation sites (tertiary alicyclic amines) is 1. The molecule has 1 saturated heterocycles. The first kappa shape index (κ1) is 28.5. The zero-order chi connectivity index (χ0) is 28.3. The van der Waals surface area contributed by atoms with E-state index < -0.39 is 15.7 Å². The highest BCUT2D eigenvalue weighted by Gasteiger charge is 2.29. The molecule has 1 aliphatic carbocycles. The molecule has 0 spiro atoms. The van der Waals surface area contributed by atoms with E-state index in [1.807, 2.05) is 23.1 Å². The molecule has 3 aromatic rings. The van der Waals surface area contributed by atoms with Gasteiger partial charge < -0.3 is 15.2 Å². The fourth-order valence-electron chi connectivity index (χ4n) is 5.52. The molecule has 214 valence electrons. The summed E-state index contributed by atoms with van der Waals surface area (Å²) in [6, 6.07) is 10.9. The molecule has 2 aliphatic rings. The van der Waals surface area contributed by atoms with Gasteiger partial charge >= 0.3 is 5.97 Å². The minimum atomic E-state index is -2.74. The van der Waals surface area contributed by atoms with E-state index in [-0.39, 0.29) is 24.3 Å². The Bertz CT molecular complexity index is 1460. The van der Waals surface area contributed by atoms with E-state index in [1.54, 1.807) is 25.3 Å². The van der Waals surface area contributed by atoms with Crippen molar-refractivity contribution in [2.45, 2.75) is 42.9 Å². The number of ether oxygens (including phenoxy) is 1. The van der Waals surface area contributed by atoms with Gasteiger partial charge in [0.2, 0.25) is 11.8 Å². The second kappa shape index (κ2) is 12.2. The maximum Gasteiger partial charge on any atom is 0.317 e. The van der Waals surface area contributed by atoms with Crippen molar-refractivity contribution in [2.24, 2.45) is 11.8 Å². The number of aliphatic carboxylic acids is 1. The monoisotopic (exact) mass is 585 g/mol. The standard InChI is InChI=1S/C28H35N5O5S2/c1-38-24-12-11-23-27(31-24)39-28(30-23)32-26(36)22(13-18-5-3-4-6-18)20-7-9-21(10-8-20)40(2,37)29-14-19-15-33(16-19)17-25(34)35/h7-12,18-19,22H,2-6,13-17H2,1H3,(H,29,37)(H,34,35)(H,30,32,36). The minimum Gasteiger partial charge on any atom is -0.481 e. The van der Waals surface area contributed by atoms with Gasteiger partial charge in [-0.1, -0.05) is 49.2 Å². The third-order valence-electron chi connectivity index (χ3n) is 7.69. The molecule has 2 unspecified atom stereocenters. The Morgan fingerprint density at radius 3 is 2.55 bits per heavy atom. The number of methoxy groups -OCH3 is 1. The lowest BCUT2D eigenvalue weighted by atomic mass is 9.87. The van der Waals surface area contributed by atoms with Crippen LogP contribution in [0.4, 0.5) is 5.13 Å². The van der Waals surface area contributed by atoms with Crippen molar-refractivity contribution >= 4 is 54.3 Å². The van der Waals surface area contributed by atoms with Gasteiger partial charge in [-0.15, -0.1) is 0 Å². The molecule has 40 heavy (non-hydrogen) atoms. The lowest BCUT2D eigenvalue weighted by Crippen LogP contribution is -2.52. The number of anilines is 1. The third-order valence-corrected chi connectivity index (χ3v) is 10.2. The average molecular weight is 586 g/mol. The van der Waals surface area contributed by atoms with Crippen LogP contribution in [0.15, 0.2) is 41.3 Å². The van der Waals surface area contributed by atoms with Gasteiger partial charge in [0, 0.05) is 30.6 Å². The summed E-state index contributed by atoms with van der Waals surface area (Å²) in [4.78, 5) is 36.5. The van der Waals surface area contributed by atoms with Crippen molar-refractivity contribution in [3.05, 3.63) is 42.0 Å². The Labute approximate surface area is 238 Å². The van der Waals surface area contributed by atoms with Crippen LogP contribution in [0.3, 0.4) is 0 Å². The number of carbonyl (C=O) groups excluding carboxylic acids is 1. The van der Waals surface area contributed by atoms with Crippen LogP contribution in [0.2, 0.25) is 0 Å². The highest BCUT2D eigenvalue weighted by molar-refractivity contribution is 7.98. The normalized spacial score (nSPS) is 18.7. The summed E-state index contributed by atoms with van der Waals surface area (Å²) < 4.78 is 21.6. The number of nitrogens with one attached hydrogen (secondary N) is 2. The molecule has 1 saturated carbocycles. The SMILES string of the molecule is C=S(=O)(NCC1CN(CC(=O)O)C1)c1ccc(C(CC2CCCC2)C(=O)Nc2nc3ccc(OC)nc3s2)cc1. The van der Waals surface area contributed by atoms with Gasteiger partial charge in [0.05, 0.1) is 29.3 Å². The summed E-state index contributed by atoms with van der Waals surface area (Å²) in [6.07, 6.45) is 5.36. The fraction of sp³-hybridized carbons (Fsp3) is 0.464. The van der Waals surface area contributed by atoms with Gasteiger partial charge in [-0.2, -0.15) is 0 Å². The van der Waals surface area contributed by atoms with Gasteiger partial charge in [0.15, 0.2) is 5.13 Å². The van der Waals surface area contributed by atoms with E-state index in [0.29, 0.717) is 51.8 Å². The van der Waals surface area contributed by atoms with E-state index in [9.17, 15) is 13.8 Å². The summed E-state index contributed by atoms with van der Waals surface area (Å²) in [5.41, 5.74) is 1.57. The predicted octanol–water partition coefficient (Wildman–Crippen LogP) is 3.60. The molecule has 2 aromatic heterocycles. The number of amides is 1. The first-order valence-corrected chi connectivity index (χ1v) is 16.0. The summed E-state index contributed by atoms with van der Waals surface area (Å²) >= 11 is 1.31. The zero-order valence-electron chi connectivity index (χ0n) is 22.5. The van der Waals surface area contributed by atoms with Crippen LogP contribution in [0, 0.1) is 11.8 Å². The molecular formula is C28H35N5O5S2. The predicted molar refractivity (Wildman–Crippen MR) is 157 cm³/mol. The number of pyridine rings is 1.